The van der Waals surface area contributed by atoms with Crippen LogP contribution in [0.2, 0.25) is 0 Å². The molecule has 0 aliphatic carbocycles. The summed E-state index contributed by atoms with van der Waals surface area (Å²) >= 11 is 1.22. The number of amides is 1. The van der Waals surface area contributed by atoms with Gasteiger partial charge in [0.1, 0.15) is 23.8 Å². The fourth-order valence-electron chi connectivity index (χ4n) is 3.68. The predicted molar refractivity (Wildman–Crippen MR) is 143 cm³/mol. The molecule has 2 aromatic carbocycles. The number of anilines is 1. The average molecular weight is 521 g/mol. The molecule has 37 heavy (non-hydrogen) atoms. The Morgan fingerprint density at radius 1 is 1.11 bits per heavy atom. The minimum Gasteiger partial charge on any atom is -0.497 e. The molecule has 4 aromatic rings. The molecule has 2 aromatic heterocycles. The van der Waals surface area contributed by atoms with Gasteiger partial charge in [-0.15, -0.1) is 16.8 Å². The minimum absolute atomic E-state index is 0.0493. The van der Waals surface area contributed by atoms with E-state index in [-0.39, 0.29) is 29.5 Å². The van der Waals surface area contributed by atoms with Crippen LogP contribution in [-0.4, -0.2) is 42.9 Å². The zero-order chi connectivity index (χ0) is 26.4. The molecule has 4 rings (SSSR count). The fraction of sp³-hybridized carbons (Fsp3) is 0.231. The van der Waals surface area contributed by atoms with E-state index in [4.69, 9.17) is 9.47 Å². The monoisotopic (exact) mass is 520 g/mol. The topological polar surface area (TPSA) is 105 Å². The number of carbonyl (C=O) groups excluding carboxylic acids is 1. The summed E-state index contributed by atoms with van der Waals surface area (Å²) in [6, 6.07) is 16.5. The Labute approximate surface area is 218 Å². The number of hydrogen-bond donors (Lipinski definition) is 1. The van der Waals surface area contributed by atoms with Crippen LogP contribution in [0.5, 0.6) is 11.5 Å². The van der Waals surface area contributed by atoms with E-state index in [1.54, 1.807) is 31.8 Å². The highest BCUT2D eigenvalue weighted by atomic mass is 32.2. The summed E-state index contributed by atoms with van der Waals surface area (Å²) in [5.74, 6) is 1.74. The number of rotatable bonds is 11. The van der Waals surface area contributed by atoms with Crippen LogP contribution in [0.3, 0.4) is 0 Å². The van der Waals surface area contributed by atoms with Crippen molar-refractivity contribution in [3.63, 3.8) is 0 Å². The number of nitrogens with zero attached hydrogens (tertiary/aromatic N) is 5. The van der Waals surface area contributed by atoms with Gasteiger partial charge in [-0.1, -0.05) is 36.0 Å². The van der Waals surface area contributed by atoms with Gasteiger partial charge in [-0.05, 0) is 43.3 Å². The van der Waals surface area contributed by atoms with Gasteiger partial charge in [0.2, 0.25) is 5.91 Å². The van der Waals surface area contributed by atoms with Gasteiger partial charge in [-0.3, -0.25) is 18.8 Å². The molecule has 10 nitrogen and oxygen atoms in total. The summed E-state index contributed by atoms with van der Waals surface area (Å²) in [5, 5.41) is 11.8. The number of methoxy groups -OCH3 is 1. The van der Waals surface area contributed by atoms with Gasteiger partial charge < -0.3 is 14.8 Å². The first-order valence-electron chi connectivity index (χ1n) is 11.5. The van der Waals surface area contributed by atoms with Crippen LogP contribution in [0.25, 0.3) is 5.69 Å². The summed E-state index contributed by atoms with van der Waals surface area (Å²) in [5.41, 5.74) is 1.32. The maximum atomic E-state index is 13.1. The van der Waals surface area contributed by atoms with Crippen molar-refractivity contribution in [1.29, 1.82) is 0 Å². The average Bonchev–Trinajstić information content (AvgIpc) is 3.40. The minimum atomic E-state index is -0.319. The molecule has 0 radical (unpaired) electrons. The highest BCUT2D eigenvalue weighted by Gasteiger charge is 2.19. The zero-order valence-electron chi connectivity index (χ0n) is 20.9. The number of carbonyl (C=O) groups is 1. The molecule has 2 heterocycles. The lowest BCUT2D eigenvalue weighted by Gasteiger charge is -2.09. The summed E-state index contributed by atoms with van der Waals surface area (Å²) in [6.45, 7) is 6.25. The predicted octanol–water partition coefficient (Wildman–Crippen LogP) is 3.58. The number of ether oxygens (including phenoxy) is 2. The van der Waals surface area contributed by atoms with Crippen LogP contribution in [0.1, 0.15) is 11.5 Å². The van der Waals surface area contributed by atoms with Gasteiger partial charge in [0.25, 0.3) is 5.56 Å². The van der Waals surface area contributed by atoms with Gasteiger partial charge >= 0.3 is 0 Å². The van der Waals surface area contributed by atoms with Crippen molar-refractivity contribution in [3.05, 3.63) is 89.1 Å². The second-order valence-corrected chi connectivity index (χ2v) is 8.98. The Bertz CT molecular complexity index is 1440. The molecule has 0 bridgehead atoms. The van der Waals surface area contributed by atoms with Crippen LogP contribution in [0, 0.1) is 6.92 Å². The molecule has 0 spiro atoms. The smallest absolute Gasteiger partial charge is 0.295 e. The van der Waals surface area contributed by atoms with E-state index < -0.39 is 0 Å². The van der Waals surface area contributed by atoms with E-state index in [1.165, 1.54) is 16.4 Å². The first kappa shape index (κ1) is 25.8. The Morgan fingerprint density at radius 3 is 2.49 bits per heavy atom. The van der Waals surface area contributed by atoms with Crippen molar-refractivity contribution in [3.8, 4) is 17.2 Å². The lowest BCUT2D eigenvalue weighted by Crippen LogP contribution is -2.23. The summed E-state index contributed by atoms with van der Waals surface area (Å²) in [7, 11) is 3.38. The molecule has 0 saturated heterocycles. The standard InChI is InChI=1S/C26H28N6O4S/c1-5-15-31-22(16-36-21-13-11-20(35-4)12-14-21)28-29-26(31)37-17-23(33)27-24-18(2)30(3)32(25(24)34)19-9-7-6-8-10-19/h5-14H,1,15-17H2,2-4H3,(H,27,33). The van der Waals surface area contributed by atoms with E-state index in [2.05, 4.69) is 22.1 Å². The molecule has 0 unspecified atom stereocenters. The molecule has 11 heteroatoms. The van der Waals surface area contributed by atoms with E-state index in [9.17, 15) is 9.59 Å². The van der Waals surface area contributed by atoms with Crippen molar-refractivity contribution in [2.75, 3.05) is 18.2 Å². The highest BCUT2D eigenvalue weighted by molar-refractivity contribution is 7.99. The van der Waals surface area contributed by atoms with Crippen LogP contribution in [-0.2, 0) is 25.0 Å². The SMILES string of the molecule is C=CCn1c(COc2ccc(OC)cc2)nnc1SCC(=O)Nc1c(C)n(C)n(-c2ccccc2)c1=O. The number of aromatic nitrogens is 5. The fourth-order valence-corrected chi connectivity index (χ4v) is 4.45. The van der Waals surface area contributed by atoms with Gasteiger partial charge in [0.15, 0.2) is 11.0 Å². The number of benzene rings is 2. The Kier molecular flexibility index (Phi) is 8.14. The van der Waals surface area contributed by atoms with Gasteiger partial charge in [-0.25, -0.2) is 4.68 Å². The highest BCUT2D eigenvalue weighted by Crippen LogP contribution is 2.21. The van der Waals surface area contributed by atoms with E-state index >= 15 is 0 Å². The Hall–Kier alpha value is -4.25. The van der Waals surface area contributed by atoms with Gasteiger partial charge in [-0.2, -0.15) is 0 Å². The second-order valence-electron chi connectivity index (χ2n) is 8.04. The molecule has 0 atom stereocenters. The van der Waals surface area contributed by atoms with E-state index in [0.717, 1.165) is 11.4 Å². The molecule has 1 N–H and O–H groups in total. The van der Waals surface area contributed by atoms with Crippen LogP contribution in [0.15, 0.2) is 77.2 Å². The van der Waals surface area contributed by atoms with Crippen molar-refractivity contribution < 1.29 is 14.3 Å². The normalized spacial score (nSPS) is 10.8. The maximum absolute atomic E-state index is 13.1. The molecule has 192 valence electrons. The quantitative estimate of drug-likeness (QED) is 0.238. The van der Waals surface area contributed by atoms with Crippen LogP contribution in [0.4, 0.5) is 5.69 Å². The third-order valence-corrected chi connectivity index (χ3v) is 6.65. The number of para-hydroxylation sites is 1. The Morgan fingerprint density at radius 2 is 1.81 bits per heavy atom. The first-order valence-corrected chi connectivity index (χ1v) is 12.5. The lowest BCUT2D eigenvalue weighted by atomic mass is 10.3. The van der Waals surface area contributed by atoms with Crippen molar-refractivity contribution in [2.45, 2.75) is 25.2 Å². The summed E-state index contributed by atoms with van der Waals surface area (Å²) in [6.07, 6.45) is 1.73. The molecule has 0 saturated carbocycles. The van der Waals surface area contributed by atoms with Crippen molar-refractivity contribution in [1.82, 2.24) is 24.1 Å². The molecular formula is C26H28N6O4S. The molecule has 1 amide bonds. The zero-order valence-corrected chi connectivity index (χ0v) is 21.7. The number of hydrogen-bond acceptors (Lipinski definition) is 7. The van der Waals surface area contributed by atoms with E-state index in [0.29, 0.717) is 29.0 Å². The second kappa shape index (κ2) is 11.7. The summed E-state index contributed by atoms with van der Waals surface area (Å²) < 4.78 is 16.1. The first-order chi connectivity index (χ1) is 17.9. The van der Waals surface area contributed by atoms with Crippen LogP contribution < -0.4 is 20.3 Å². The maximum Gasteiger partial charge on any atom is 0.295 e. The molecule has 0 aliphatic rings. The van der Waals surface area contributed by atoms with Gasteiger partial charge in [0, 0.05) is 13.6 Å². The number of allylic oxidation sites excluding steroid dienone is 1. The van der Waals surface area contributed by atoms with Gasteiger partial charge in [0.05, 0.1) is 24.2 Å². The largest absolute Gasteiger partial charge is 0.497 e. The van der Waals surface area contributed by atoms with Crippen molar-refractivity contribution >= 4 is 23.4 Å². The third kappa shape index (κ3) is 5.78. The molecular weight excluding hydrogens is 492 g/mol. The van der Waals surface area contributed by atoms with Crippen molar-refractivity contribution in [2.24, 2.45) is 7.05 Å². The summed E-state index contributed by atoms with van der Waals surface area (Å²) in [4.78, 5) is 25.8. The third-order valence-electron chi connectivity index (χ3n) is 5.68. The molecule has 0 aliphatic heterocycles. The van der Waals surface area contributed by atoms with E-state index in [1.807, 2.05) is 59.2 Å². The number of thioether (sulfide) groups is 1. The Balaban J connectivity index is 1.42. The lowest BCUT2D eigenvalue weighted by molar-refractivity contribution is -0.113. The molecule has 0 fully saturated rings. The number of nitrogens with one attached hydrogen (secondary N) is 1. The van der Waals surface area contributed by atoms with Crippen LogP contribution >= 0.6 is 11.8 Å².